The van der Waals surface area contributed by atoms with Gasteiger partial charge in [-0.3, -0.25) is 0 Å². The summed E-state index contributed by atoms with van der Waals surface area (Å²) in [4.78, 5) is 0.126. The molecule has 0 bridgehead atoms. The Morgan fingerprint density at radius 2 is 1.15 bits per heavy atom. The zero-order valence-corrected chi connectivity index (χ0v) is 25.1. The Kier molecular flexibility index (Phi) is 7.80. The quantitative estimate of drug-likeness (QED) is 0.176. The smallest absolute Gasteiger partial charge is 0.415 e. The molecular weight excluding hydrogens is 553 g/mol. The molecule has 1 N–H and O–H groups in total. The Labute approximate surface area is 241 Å². The van der Waals surface area contributed by atoms with Gasteiger partial charge in [0.15, 0.2) is 5.28 Å². The summed E-state index contributed by atoms with van der Waals surface area (Å²) in [5, 5.41) is -0.0516. The van der Waals surface area contributed by atoms with E-state index >= 15 is 4.57 Å². The minimum absolute atomic E-state index is 0.126. The van der Waals surface area contributed by atoms with Gasteiger partial charge in [-0.1, -0.05) is 90.5 Å². The number of benzene rings is 5. The number of fused-ring (bicyclic) bond motifs is 1. The SMILES string of the molecule is Cc1cc(C)c(S(=O)(=O)NC(C)(c2ccc3ccccc3c2)P(=O)(Oc2ccccc2)Oc2ccccc2)c(C)c1. The van der Waals surface area contributed by atoms with E-state index in [0.717, 1.165) is 16.3 Å². The van der Waals surface area contributed by atoms with Gasteiger partial charge in [0, 0.05) is 0 Å². The summed E-state index contributed by atoms with van der Waals surface area (Å²) in [7, 11) is -8.68. The fourth-order valence-electron chi connectivity index (χ4n) is 5.11. The molecule has 1 unspecified atom stereocenters. The molecule has 0 aliphatic heterocycles. The lowest BCUT2D eigenvalue weighted by molar-refractivity contribution is 0.338. The van der Waals surface area contributed by atoms with E-state index in [1.165, 1.54) is 0 Å². The van der Waals surface area contributed by atoms with E-state index < -0.39 is 22.9 Å². The number of nitrogens with one attached hydrogen (secondary N) is 1. The molecule has 0 spiro atoms. The lowest BCUT2D eigenvalue weighted by Gasteiger charge is -2.37. The van der Waals surface area contributed by atoms with Crippen LogP contribution in [0.4, 0.5) is 0 Å². The molecule has 1 atom stereocenters. The number of sulfonamides is 1. The van der Waals surface area contributed by atoms with Crippen LogP contribution in [0.2, 0.25) is 0 Å². The third-order valence-corrected chi connectivity index (χ3v) is 11.4. The number of aryl methyl sites for hydroxylation is 3. The van der Waals surface area contributed by atoms with Gasteiger partial charge in [-0.05, 0) is 85.5 Å². The molecule has 0 fully saturated rings. The molecule has 0 saturated carbocycles. The highest BCUT2D eigenvalue weighted by Crippen LogP contribution is 2.63. The van der Waals surface area contributed by atoms with E-state index in [-0.39, 0.29) is 16.4 Å². The highest BCUT2D eigenvalue weighted by atomic mass is 32.2. The average Bonchev–Trinajstić information content (AvgIpc) is 2.92. The van der Waals surface area contributed by atoms with Crippen molar-refractivity contribution < 1.29 is 22.0 Å². The van der Waals surface area contributed by atoms with E-state index in [4.69, 9.17) is 9.05 Å². The van der Waals surface area contributed by atoms with Crippen molar-refractivity contribution in [1.29, 1.82) is 0 Å². The molecular formula is C33H32NO5PS. The fraction of sp³-hybridized carbons (Fsp3) is 0.152. The molecule has 0 amide bonds. The summed E-state index contributed by atoms with van der Waals surface area (Å²) < 4.78 is 59.0. The zero-order chi connectivity index (χ0) is 29.3. The Balaban J connectivity index is 1.75. The predicted molar refractivity (Wildman–Crippen MR) is 164 cm³/mol. The monoisotopic (exact) mass is 585 g/mol. The van der Waals surface area contributed by atoms with Crippen LogP contribution in [0.3, 0.4) is 0 Å². The topological polar surface area (TPSA) is 81.7 Å². The first-order valence-electron chi connectivity index (χ1n) is 13.2. The highest BCUT2D eigenvalue weighted by Gasteiger charge is 2.55. The molecule has 0 aliphatic rings. The van der Waals surface area contributed by atoms with Crippen molar-refractivity contribution in [2.24, 2.45) is 0 Å². The fourth-order valence-corrected chi connectivity index (χ4v) is 9.28. The second-order valence-electron chi connectivity index (χ2n) is 10.3. The summed E-state index contributed by atoms with van der Waals surface area (Å²) in [5.74, 6) is 0.557. The van der Waals surface area contributed by atoms with Crippen molar-refractivity contribution in [1.82, 2.24) is 4.72 Å². The van der Waals surface area contributed by atoms with E-state index in [2.05, 4.69) is 4.72 Å². The van der Waals surface area contributed by atoms with Crippen LogP contribution in [0.15, 0.2) is 120 Å². The maximum atomic E-state index is 15.3. The number of hydrogen-bond donors (Lipinski definition) is 1. The van der Waals surface area contributed by atoms with Crippen LogP contribution in [0, 0.1) is 20.8 Å². The maximum Gasteiger partial charge on any atom is 0.455 e. The van der Waals surface area contributed by atoms with Crippen LogP contribution in [-0.2, 0) is 19.9 Å². The van der Waals surface area contributed by atoms with Gasteiger partial charge in [0.1, 0.15) is 11.5 Å². The molecule has 0 aromatic heterocycles. The van der Waals surface area contributed by atoms with Gasteiger partial charge in [-0.25, -0.2) is 13.0 Å². The third-order valence-electron chi connectivity index (χ3n) is 7.00. The lowest BCUT2D eigenvalue weighted by atomic mass is 10.0. The van der Waals surface area contributed by atoms with E-state index in [1.54, 1.807) is 75.4 Å². The first-order valence-corrected chi connectivity index (χ1v) is 16.2. The Hall–Kier alpha value is -3.90. The number of para-hydroxylation sites is 2. The summed E-state index contributed by atoms with van der Waals surface area (Å²) in [6.45, 7) is 6.98. The maximum absolute atomic E-state index is 15.3. The second kappa shape index (κ2) is 11.2. The van der Waals surface area contributed by atoms with Crippen molar-refractivity contribution in [3.8, 4) is 11.5 Å². The molecule has 6 nitrogen and oxygen atoms in total. The first kappa shape index (κ1) is 28.6. The summed E-state index contributed by atoms with van der Waals surface area (Å²) in [6.07, 6.45) is 0. The number of rotatable bonds is 9. The third kappa shape index (κ3) is 5.80. The molecule has 0 aliphatic carbocycles. The Morgan fingerprint density at radius 1 is 0.659 bits per heavy atom. The van der Waals surface area contributed by atoms with Gasteiger partial charge in [-0.15, -0.1) is 0 Å². The summed E-state index contributed by atoms with van der Waals surface area (Å²) >= 11 is 0. The van der Waals surface area contributed by atoms with Gasteiger partial charge in [0.25, 0.3) is 0 Å². The molecule has 5 rings (SSSR count). The molecule has 5 aromatic carbocycles. The molecule has 0 radical (unpaired) electrons. The molecule has 210 valence electrons. The minimum atomic E-state index is -4.43. The van der Waals surface area contributed by atoms with Crippen LogP contribution in [0.1, 0.15) is 29.2 Å². The van der Waals surface area contributed by atoms with E-state index in [9.17, 15) is 8.42 Å². The van der Waals surface area contributed by atoms with Crippen LogP contribution < -0.4 is 13.8 Å². The van der Waals surface area contributed by atoms with Crippen LogP contribution >= 0.6 is 7.60 Å². The van der Waals surface area contributed by atoms with Crippen molar-refractivity contribution >= 4 is 28.4 Å². The molecule has 5 aromatic rings. The number of hydrogen-bond acceptors (Lipinski definition) is 5. The zero-order valence-electron chi connectivity index (χ0n) is 23.4. The van der Waals surface area contributed by atoms with E-state index in [1.807, 2.05) is 67.6 Å². The Bertz CT molecular complexity index is 1790. The van der Waals surface area contributed by atoms with E-state index in [0.29, 0.717) is 16.7 Å². The molecule has 0 saturated heterocycles. The van der Waals surface area contributed by atoms with Crippen molar-refractivity contribution in [2.45, 2.75) is 37.9 Å². The van der Waals surface area contributed by atoms with Gasteiger partial charge < -0.3 is 9.05 Å². The van der Waals surface area contributed by atoms with Gasteiger partial charge in [-0.2, -0.15) is 4.72 Å². The normalized spacial score (nSPS) is 13.5. The minimum Gasteiger partial charge on any atom is -0.415 e. The van der Waals surface area contributed by atoms with Crippen molar-refractivity contribution in [3.63, 3.8) is 0 Å². The molecule has 0 heterocycles. The molecule has 8 heteroatoms. The van der Waals surface area contributed by atoms with Gasteiger partial charge in [0.2, 0.25) is 10.0 Å². The van der Waals surface area contributed by atoms with Crippen molar-refractivity contribution in [3.05, 3.63) is 138 Å². The molecule has 41 heavy (non-hydrogen) atoms. The highest BCUT2D eigenvalue weighted by molar-refractivity contribution is 7.90. The van der Waals surface area contributed by atoms with Gasteiger partial charge >= 0.3 is 7.60 Å². The van der Waals surface area contributed by atoms with Crippen LogP contribution in [-0.4, -0.2) is 8.42 Å². The van der Waals surface area contributed by atoms with Gasteiger partial charge in [0.05, 0.1) is 4.90 Å². The largest absolute Gasteiger partial charge is 0.455 e. The lowest BCUT2D eigenvalue weighted by Crippen LogP contribution is -2.45. The first-order chi connectivity index (χ1) is 19.5. The average molecular weight is 586 g/mol. The Morgan fingerprint density at radius 3 is 1.68 bits per heavy atom. The second-order valence-corrected chi connectivity index (χ2v) is 14.1. The van der Waals surface area contributed by atoms with Crippen LogP contribution in [0.5, 0.6) is 11.5 Å². The summed E-state index contributed by atoms with van der Waals surface area (Å²) in [5.41, 5.74) is 2.54. The van der Waals surface area contributed by atoms with Crippen molar-refractivity contribution in [2.75, 3.05) is 0 Å². The summed E-state index contributed by atoms with van der Waals surface area (Å²) in [6, 6.07) is 34.0. The standard InChI is InChI=1S/C33H32NO5PS/c1-24-21-25(2)32(26(3)22-24)41(36,37)34-33(4,29-20-19-27-13-11-12-14-28(27)23-29)40(35,38-30-15-7-5-8-16-30)39-31-17-9-6-10-18-31/h5-23,34H,1-4H3. The van der Waals surface area contributed by atoms with Crippen LogP contribution in [0.25, 0.3) is 10.8 Å². The predicted octanol–water partition coefficient (Wildman–Crippen LogP) is 8.27.